The van der Waals surface area contributed by atoms with Crippen LogP contribution in [0.5, 0.6) is 0 Å². The number of nitrogens with zero attached hydrogens (tertiary/aromatic N) is 5. The van der Waals surface area contributed by atoms with E-state index in [-0.39, 0.29) is 23.2 Å². The van der Waals surface area contributed by atoms with Gasteiger partial charge in [0, 0.05) is 37.4 Å². The Morgan fingerprint density at radius 2 is 1.92 bits per heavy atom. The highest BCUT2D eigenvalue weighted by Crippen LogP contribution is 2.31. The summed E-state index contributed by atoms with van der Waals surface area (Å²) >= 11 is 0. The maximum atomic E-state index is 13.6. The number of aromatic nitrogens is 3. The zero-order valence-corrected chi connectivity index (χ0v) is 21.7. The molecule has 0 bridgehead atoms. The molecule has 1 aliphatic rings. The summed E-state index contributed by atoms with van der Waals surface area (Å²) in [7, 11) is 2.08. The number of anilines is 2. The molecule has 9 nitrogen and oxygen atoms in total. The van der Waals surface area contributed by atoms with Gasteiger partial charge in [0.15, 0.2) is 17.1 Å². The molecule has 1 aliphatic heterocycles. The Labute approximate surface area is 223 Å². The Hall–Kier alpha value is -4.06. The second-order valence-electron chi connectivity index (χ2n) is 9.77. The van der Waals surface area contributed by atoms with Gasteiger partial charge in [-0.2, -0.15) is 18.3 Å². The van der Waals surface area contributed by atoms with Crippen LogP contribution in [0, 0.1) is 0 Å². The summed E-state index contributed by atoms with van der Waals surface area (Å²) in [5.41, 5.74) is 7.45. The molecule has 1 amide bonds. The highest BCUT2D eigenvalue weighted by Gasteiger charge is 2.36. The van der Waals surface area contributed by atoms with E-state index in [1.807, 2.05) is 12.1 Å². The van der Waals surface area contributed by atoms with Crippen molar-refractivity contribution in [2.45, 2.75) is 38.5 Å². The molecule has 206 valence electrons. The van der Waals surface area contributed by atoms with Gasteiger partial charge < -0.3 is 25.4 Å². The third-order valence-corrected chi connectivity index (χ3v) is 7.10. The van der Waals surface area contributed by atoms with Gasteiger partial charge in [-0.3, -0.25) is 4.79 Å². The second kappa shape index (κ2) is 10.6. The molecule has 0 unspecified atom stereocenters. The Balaban J connectivity index is 1.33. The summed E-state index contributed by atoms with van der Waals surface area (Å²) in [6, 6.07) is 13.4. The van der Waals surface area contributed by atoms with Crippen molar-refractivity contribution in [3.63, 3.8) is 0 Å². The van der Waals surface area contributed by atoms with Crippen LogP contribution in [-0.2, 0) is 12.7 Å². The molecule has 4 aromatic rings. The summed E-state index contributed by atoms with van der Waals surface area (Å²) in [6.07, 6.45) is -3.40. The maximum absolute atomic E-state index is 13.6. The number of nitrogens with one attached hydrogen (secondary N) is 1. The monoisotopic (exact) mass is 541 g/mol. The van der Waals surface area contributed by atoms with Crippen LogP contribution in [0.15, 0.2) is 53.1 Å². The predicted octanol–water partition coefficient (Wildman–Crippen LogP) is 4.47. The predicted molar refractivity (Wildman–Crippen MR) is 142 cm³/mol. The largest absolute Gasteiger partial charge is 0.435 e. The van der Waals surface area contributed by atoms with Gasteiger partial charge in [0.05, 0.1) is 11.1 Å². The number of hydrogen-bond donors (Lipinski definition) is 2. The molecule has 0 atom stereocenters. The van der Waals surface area contributed by atoms with Gasteiger partial charge in [0.2, 0.25) is 0 Å². The van der Waals surface area contributed by atoms with Crippen LogP contribution < -0.4 is 16.0 Å². The fourth-order valence-electron chi connectivity index (χ4n) is 4.83. The average molecular weight is 542 g/mol. The molecule has 0 aliphatic carbocycles. The van der Waals surface area contributed by atoms with Gasteiger partial charge in [-0.15, -0.1) is 0 Å². The molecule has 3 N–H and O–H groups in total. The number of carbonyl (C=O) groups is 1. The van der Waals surface area contributed by atoms with E-state index in [4.69, 9.17) is 10.3 Å². The van der Waals surface area contributed by atoms with Gasteiger partial charge >= 0.3 is 6.18 Å². The number of carbonyl (C=O) groups excluding carboxylic acids is 1. The van der Waals surface area contributed by atoms with E-state index < -0.39 is 17.8 Å². The molecular formula is C27H30F3N7O2. The number of benzene rings is 2. The van der Waals surface area contributed by atoms with Crippen LogP contribution in [0.3, 0.4) is 0 Å². The van der Waals surface area contributed by atoms with Crippen LogP contribution in [-0.4, -0.2) is 58.5 Å². The molecule has 1 saturated heterocycles. The Morgan fingerprint density at radius 3 is 2.64 bits per heavy atom. The SMILES string of the molecule is CCN(C)Cc1ccccc1N1CCC(NC(=O)c2cc(C(F)(F)F)nn2-c2ccc3onc(N)c3c2)CC1. The molecule has 0 spiro atoms. The Bertz CT molecular complexity index is 1470. The molecule has 2 aromatic heterocycles. The Kier molecular flexibility index (Phi) is 7.21. The number of piperidine rings is 1. The standard InChI is InChI=1S/C27H30F3N7O2/c1-3-35(2)16-17-6-4-5-7-21(17)36-12-10-18(11-13-36)32-26(38)22-15-24(27(28,29)30)33-37(22)19-8-9-23-20(14-19)25(31)34-39-23/h4-9,14-15,18H,3,10-13,16H2,1-2H3,(H2,31,34)(H,32,38). The van der Waals surface area contributed by atoms with E-state index in [9.17, 15) is 18.0 Å². The number of halogens is 3. The van der Waals surface area contributed by atoms with Crippen molar-refractivity contribution < 1.29 is 22.5 Å². The highest BCUT2D eigenvalue weighted by molar-refractivity contribution is 5.94. The second-order valence-corrected chi connectivity index (χ2v) is 9.77. The van der Waals surface area contributed by atoms with Crippen LogP contribution in [0.25, 0.3) is 16.7 Å². The minimum Gasteiger partial charge on any atom is -0.380 e. The fraction of sp³-hybridized carbons (Fsp3) is 0.370. The lowest BCUT2D eigenvalue weighted by molar-refractivity contribution is -0.141. The first kappa shape index (κ1) is 26.5. The Morgan fingerprint density at radius 1 is 1.18 bits per heavy atom. The highest BCUT2D eigenvalue weighted by atomic mass is 19.4. The van der Waals surface area contributed by atoms with Crippen LogP contribution >= 0.6 is 0 Å². The molecule has 3 heterocycles. The number of para-hydroxylation sites is 1. The minimum absolute atomic E-state index is 0.0933. The van der Waals surface area contributed by atoms with E-state index >= 15 is 0 Å². The zero-order chi connectivity index (χ0) is 27.7. The summed E-state index contributed by atoms with van der Waals surface area (Å²) in [4.78, 5) is 17.8. The number of nitrogen functional groups attached to an aromatic ring is 1. The summed E-state index contributed by atoms with van der Waals surface area (Å²) in [5, 5.41) is 10.7. The van der Waals surface area contributed by atoms with Gasteiger partial charge in [0.1, 0.15) is 5.69 Å². The first-order valence-corrected chi connectivity index (χ1v) is 12.8. The topological polar surface area (TPSA) is 105 Å². The summed E-state index contributed by atoms with van der Waals surface area (Å²) in [5.74, 6) is -0.532. The molecule has 5 rings (SSSR count). The van der Waals surface area contributed by atoms with E-state index in [0.717, 1.165) is 23.8 Å². The normalized spacial score (nSPS) is 14.9. The zero-order valence-electron chi connectivity index (χ0n) is 21.7. The van der Waals surface area contributed by atoms with Gasteiger partial charge in [-0.1, -0.05) is 30.3 Å². The summed E-state index contributed by atoms with van der Waals surface area (Å²) in [6.45, 7) is 5.32. The van der Waals surface area contributed by atoms with Crippen LogP contribution in [0.1, 0.15) is 41.5 Å². The number of nitrogens with two attached hydrogens (primary N) is 1. The van der Waals surface area contributed by atoms with Crippen molar-refractivity contribution >= 4 is 28.4 Å². The summed E-state index contributed by atoms with van der Waals surface area (Å²) < 4.78 is 46.8. The third-order valence-electron chi connectivity index (χ3n) is 7.10. The lowest BCUT2D eigenvalue weighted by atomic mass is 10.0. The lowest BCUT2D eigenvalue weighted by Crippen LogP contribution is -2.45. The van der Waals surface area contributed by atoms with Crippen LogP contribution in [0.2, 0.25) is 0 Å². The third kappa shape index (κ3) is 5.56. The van der Waals surface area contributed by atoms with Crippen molar-refractivity contribution in [3.8, 4) is 5.69 Å². The van der Waals surface area contributed by atoms with E-state index in [1.165, 1.54) is 29.4 Å². The molecule has 1 fully saturated rings. The number of amides is 1. The van der Waals surface area contributed by atoms with E-state index in [1.54, 1.807) is 0 Å². The van der Waals surface area contributed by atoms with Gasteiger partial charge in [0.25, 0.3) is 5.91 Å². The minimum atomic E-state index is -4.72. The molecule has 12 heteroatoms. The smallest absolute Gasteiger partial charge is 0.380 e. The molecule has 39 heavy (non-hydrogen) atoms. The number of alkyl halides is 3. The molecule has 2 aromatic carbocycles. The fourth-order valence-corrected chi connectivity index (χ4v) is 4.83. The van der Waals surface area contributed by atoms with Crippen molar-refractivity contribution in [2.24, 2.45) is 0 Å². The average Bonchev–Trinajstić information content (AvgIpc) is 3.54. The molecular weight excluding hydrogens is 511 g/mol. The van der Waals surface area contributed by atoms with Crippen molar-refractivity contribution in [3.05, 3.63) is 65.5 Å². The first-order valence-electron chi connectivity index (χ1n) is 12.8. The quantitative estimate of drug-likeness (QED) is 0.356. The number of hydrogen-bond acceptors (Lipinski definition) is 7. The molecule has 0 radical (unpaired) electrons. The van der Waals surface area contributed by atoms with Crippen LogP contribution in [0.4, 0.5) is 24.7 Å². The maximum Gasteiger partial charge on any atom is 0.435 e. The number of rotatable bonds is 7. The van der Waals surface area contributed by atoms with E-state index in [2.05, 4.69) is 51.5 Å². The van der Waals surface area contributed by atoms with Crippen molar-refractivity contribution in [1.29, 1.82) is 0 Å². The van der Waals surface area contributed by atoms with E-state index in [0.29, 0.717) is 36.9 Å². The first-order chi connectivity index (χ1) is 18.6. The van der Waals surface area contributed by atoms with Crippen molar-refractivity contribution in [2.75, 3.05) is 37.3 Å². The van der Waals surface area contributed by atoms with Crippen molar-refractivity contribution in [1.82, 2.24) is 25.2 Å². The number of fused-ring (bicyclic) bond motifs is 1. The van der Waals surface area contributed by atoms with Gasteiger partial charge in [-0.05, 0) is 56.3 Å². The molecule has 0 saturated carbocycles. The lowest BCUT2D eigenvalue weighted by Gasteiger charge is -2.35. The van der Waals surface area contributed by atoms with Gasteiger partial charge in [-0.25, -0.2) is 4.68 Å².